The molecule has 94 valence electrons. The Balaban J connectivity index is 2.12. The van der Waals surface area contributed by atoms with Crippen molar-refractivity contribution in [2.45, 2.75) is 25.3 Å². The number of hydrogen-bond acceptors (Lipinski definition) is 4. The van der Waals surface area contributed by atoms with Crippen LogP contribution in [-0.4, -0.2) is 28.9 Å². The Morgan fingerprint density at radius 3 is 3.18 bits per heavy atom. The topological polar surface area (TPSA) is 59.0 Å². The Morgan fingerprint density at radius 2 is 2.35 bits per heavy atom. The van der Waals surface area contributed by atoms with Gasteiger partial charge in [0.15, 0.2) is 0 Å². The summed E-state index contributed by atoms with van der Waals surface area (Å²) in [6, 6.07) is 0.412. The molecule has 1 aromatic heterocycles. The monoisotopic (exact) mass is 300 g/mol. The van der Waals surface area contributed by atoms with Gasteiger partial charge in [0.05, 0.1) is 11.9 Å². The van der Waals surface area contributed by atoms with Crippen molar-refractivity contribution in [3.8, 4) is 0 Å². The summed E-state index contributed by atoms with van der Waals surface area (Å²) in [4.78, 5) is 11.7. The molecule has 1 aliphatic heterocycles. The van der Waals surface area contributed by atoms with Gasteiger partial charge in [0.1, 0.15) is 4.47 Å². The van der Waals surface area contributed by atoms with Crippen molar-refractivity contribution in [1.29, 1.82) is 0 Å². The molecule has 0 spiro atoms. The molecule has 5 nitrogen and oxygen atoms in total. The zero-order chi connectivity index (χ0) is 12.3. The molecule has 17 heavy (non-hydrogen) atoms. The van der Waals surface area contributed by atoms with Gasteiger partial charge >= 0.3 is 0 Å². The third-order valence-electron chi connectivity index (χ3n) is 3.01. The van der Waals surface area contributed by atoms with Crippen LogP contribution < -0.4 is 16.2 Å². The van der Waals surface area contributed by atoms with Crippen molar-refractivity contribution in [2.75, 3.05) is 18.4 Å². The van der Waals surface area contributed by atoms with Crippen molar-refractivity contribution in [3.63, 3.8) is 0 Å². The van der Waals surface area contributed by atoms with Crippen molar-refractivity contribution >= 4 is 21.6 Å². The van der Waals surface area contributed by atoms with Crippen LogP contribution in [0.5, 0.6) is 0 Å². The van der Waals surface area contributed by atoms with Crippen LogP contribution in [0, 0.1) is 0 Å². The number of anilines is 1. The Bertz CT molecular complexity index is 438. The molecule has 1 atom stereocenters. The molecule has 0 aromatic carbocycles. The Morgan fingerprint density at radius 1 is 1.53 bits per heavy atom. The van der Waals surface area contributed by atoms with Gasteiger partial charge < -0.3 is 10.6 Å². The minimum Gasteiger partial charge on any atom is -0.380 e. The van der Waals surface area contributed by atoms with Gasteiger partial charge in [-0.15, -0.1) is 0 Å². The highest BCUT2D eigenvalue weighted by Gasteiger charge is 2.14. The maximum atomic E-state index is 11.7. The van der Waals surface area contributed by atoms with Crippen LogP contribution in [0.2, 0.25) is 0 Å². The Labute approximate surface area is 109 Å². The fourth-order valence-electron chi connectivity index (χ4n) is 1.99. The Hall–Kier alpha value is -0.880. The first-order valence-electron chi connectivity index (χ1n) is 5.87. The summed E-state index contributed by atoms with van der Waals surface area (Å²) in [5.41, 5.74) is 0.682. The second-order valence-electron chi connectivity index (χ2n) is 4.32. The quantitative estimate of drug-likeness (QED) is 0.859. The smallest absolute Gasteiger partial charge is 0.282 e. The van der Waals surface area contributed by atoms with Gasteiger partial charge in [-0.3, -0.25) is 4.79 Å². The van der Waals surface area contributed by atoms with Gasteiger partial charge in [0.25, 0.3) is 5.56 Å². The van der Waals surface area contributed by atoms with Crippen LogP contribution in [0.4, 0.5) is 5.69 Å². The van der Waals surface area contributed by atoms with Crippen LogP contribution in [0.3, 0.4) is 0 Å². The lowest BCUT2D eigenvalue weighted by Gasteiger charge is -2.18. The molecule has 6 heteroatoms. The van der Waals surface area contributed by atoms with E-state index in [1.165, 1.54) is 4.68 Å². The first-order chi connectivity index (χ1) is 8.18. The summed E-state index contributed by atoms with van der Waals surface area (Å²) in [5, 5.41) is 10.8. The van der Waals surface area contributed by atoms with Crippen molar-refractivity contribution in [1.82, 2.24) is 15.1 Å². The number of aromatic nitrogens is 2. The molecular weight excluding hydrogens is 284 g/mol. The van der Waals surface area contributed by atoms with Crippen LogP contribution >= 0.6 is 15.9 Å². The van der Waals surface area contributed by atoms with Crippen molar-refractivity contribution in [2.24, 2.45) is 7.05 Å². The molecule has 2 rings (SSSR count). The summed E-state index contributed by atoms with van der Waals surface area (Å²) in [6.45, 7) is 2.10. The first kappa shape index (κ1) is 12.6. The van der Waals surface area contributed by atoms with E-state index in [9.17, 15) is 4.79 Å². The highest BCUT2D eigenvalue weighted by molar-refractivity contribution is 9.10. The number of halogens is 1. The second-order valence-corrected chi connectivity index (χ2v) is 5.12. The summed E-state index contributed by atoms with van der Waals surface area (Å²) in [6.07, 6.45) is 5.05. The minimum absolute atomic E-state index is 0.109. The molecule has 1 aromatic rings. The predicted molar refractivity (Wildman–Crippen MR) is 71.3 cm³/mol. The fraction of sp³-hybridized carbons (Fsp3) is 0.636. The van der Waals surface area contributed by atoms with E-state index in [0.717, 1.165) is 38.0 Å². The van der Waals surface area contributed by atoms with Gasteiger partial charge in [-0.25, -0.2) is 4.68 Å². The molecule has 0 amide bonds. The number of aryl methyl sites for hydroxylation is 1. The third-order valence-corrected chi connectivity index (χ3v) is 3.78. The number of hydrogen-bond donors (Lipinski definition) is 2. The minimum atomic E-state index is -0.109. The van der Waals surface area contributed by atoms with Gasteiger partial charge in [0.2, 0.25) is 0 Å². The van der Waals surface area contributed by atoms with Gasteiger partial charge in [-0.1, -0.05) is 0 Å². The fourth-order valence-corrected chi connectivity index (χ4v) is 2.47. The van der Waals surface area contributed by atoms with Crippen molar-refractivity contribution < 1.29 is 0 Å². The molecule has 0 saturated carbocycles. The summed E-state index contributed by atoms with van der Waals surface area (Å²) < 4.78 is 1.89. The first-order valence-corrected chi connectivity index (χ1v) is 6.67. The molecule has 0 aliphatic carbocycles. The highest BCUT2D eigenvalue weighted by atomic mass is 79.9. The van der Waals surface area contributed by atoms with Crippen LogP contribution in [-0.2, 0) is 7.05 Å². The summed E-state index contributed by atoms with van der Waals surface area (Å²) in [7, 11) is 1.65. The largest absolute Gasteiger partial charge is 0.380 e. The lowest BCUT2D eigenvalue weighted by Crippen LogP contribution is -2.26. The zero-order valence-corrected chi connectivity index (χ0v) is 11.5. The van der Waals surface area contributed by atoms with E-state index in [1.807, 2.05) is 0 Å². The standard InChI is InChI=1S/C11H17BrN4O/c1-16-11(17)10(12)9(7-14-16)15-8-3-2-5-13-6-4-8/h7-8,13,15H,2-6H2,1H3. The lowest BCUT2D eigenvalue weighted by molar-refractivity contribution is 0.632. The van der Waals surface area contributed by atoms with E-state index in [4.69, 9.17) is 0 Å². The molecule has 2 heterocycles. The number of rotatable bonds is 2. The second kappa shape index (κ2) is 5.64. The molecule has 2 N–H and O–H groups in total. The van der Waals surface area contributed by atoms with Gasteiger partial charge in [-0.2, -0.15) is 5.10 Å². The van der Waals surface area contributed by atoms with Gasteiger partial charge in [0, 0.05) is 13.1 Å². The average molecular weight is 301 g/mol. The zero-order valence-electron chi connectivity index (χ0n) is 9.87. The van der Waals surface area contributed by atoms with E-state index in [2.05, 4.69) is 31.7 Å². The molecule has 0 bridgehead atoms. The average Bonchev–Trinajstić information content (AvgIpc) is 2.59. The SMILES string of the molecule is Cn1ncc(NC2CCCNCC2)c(Br)c1=O. The lowest BCUT2D eigenvalue weighted by atomic mass is 10.1. The summed E-state index contributed by atoms with van der Waals surface area (Å²) >= 11 is 3.33. The maximum absolute atomic E-state index is 11.7. The van der Waals surface area contributed by atoms with Crippen molar-refractivity contribution in [3.05, 3.63) is 21.0 Å². The Kier molecular flexibility index (Phi) is 4.17. The third kappa shape index (κ3) is 3.07. The molecular formula is C11H17BrN4O. The molecule has 1 aliphatic rings. The number of nitrogens with one attached hydrogen (secondary N) is 2. The van der Waals surface area contributed by atoms with E-state index < -0.39 is 0 Å². The molecule has 1 fully saturated rings. The number of nitrogens with zero attached hydrogens (tertiary/aromatic N) is 2. The van der Waals surface area contributed by atoms with E-state index in [1.54, 1.807) is 13.2 Å². The highest BCUT2D eigenvalue weighted by Crippen LogP contribution is 2.19. The molecule has 1 saturated heterocycles. The molecule has 1 unspecified atom stereocenters. The molecule has 0 radical (unpaired) electrons. The van der Waals surface area contributed by atoms with Crippen LogP contribution in [0.15, 0.2) is 15.5 Å². The van der Waals surface area contributed by atoms with E-state index >= 15 is 0 Å². The van der Waals surface area contributed by atoms with Crippen LogP contribution in [0.25, 0.3) is 0 Å². The predicted octanol–water partition coefficient (Wildman–Crippen LogP) is 1.10. The maximum Gasteiger partial charge on any atom is 0.282 e. The van der Waals surface area contributed by atoms with Crippen LogP contribution in [0.1, 0.15) is 19.3 Å². The summed E-state index contributed by atoms with van der Waals surface area (Å²) in [5.74, 6) is 0. The van der Waals surface area contributed by atoms with E-state index in [-0.39, 0.29) is 5.56 Å². The normalized spacial score (nSPS) is 20.9. The van der Waals surface area contributed by atoms with E-state index in [0.29, 0.717) is 10.5 Å². The van der Waals surface area contributed by atoms with Gasteiger partial charge in [-0.05, 0) is 48.3 Å².